The zero-order valence-electron chi connectivity index (χ0n) is 9.58. The summed E-state index contributed by atoms with van der Waals surface area (Å²) >= 11 is 5.96. The number of H-pyrrole nitrogens is 1. The quantitative estimate of drug-likeness (QED) is 0.695. The fraction of sp³-hybridized carbons (Fsp3) is 0.0667. The molecule has 18 heavy (non-hydrogen) atoms. The second-order valence-electron chi connectivity index (χ2n) is 4.31. The van der Waals surface area contributed by atoms with Gasteiger partial charge in [0.2, 0.25) is 0 Å². The van der Waals surface area contributed by atoms with Crippen LogP contribution in [0.1, 0.15) is 11.1 Å². The van der Waals surface area contributed by atoms with Gasteiger partial charge in [-0.15, -0.1) is 0 Å². The lowest BCUT2D eigenvalue weighted by molar-refractivity contribution is 0.629. The molecule has 0 unspecified atom stereocenters. The average molecular weight is 260 g/mol. The fourth-order valence-electron chi connectivity index (χ4n) is 2.16. The van der Waals surface area contributed by atoms with Crippen LogP contribution in [-0.4, -0.2) is 4.98 Å². The van der Waals surface area contributed by atoms with Crippen LogP contribution >= 0.6 is 11.6 Å². The van der Waals surface area contributed by atoms with Crippen molar-refractivity contribution in [3.63, 3.8) is 0 Å². The number of nitrogens with one attached hydrogen (secondary N) is 1. The van der Waals surface area contributed by atoms with Gasteiger partial charge in [0.15, 0.2) is 0 Å². The van der Waals surface area contributed by atoms with E-state index in [-0.39, 0.29) is 5.82 Å². The second-order valence-corrected chi connectivity index (χ2v) is 4.75. The molecule has 0 atom stereocenters. The number of halogens is 2. The number of aromatic nitrogens is 1. The standard InChI is InChI=1S/C15H11ClFN/c16-12-3-1-2-10(7-12)6-11-9-18-15-5-4-13(17)8-14(11)15/h1-5,7-9,18H,6H2. The molecule has 0 aliphatic rings. The van der Waals surface area contributed by atoms with Crippen molar-refractivity contribution in [2.75, 3.05) is 0 Å². The summed E-state index contributed by atoms with van der Waals surface area (Å²) in [6.45, 7) is 0. The lowest BCUT2D eigenvalue weighted by Gasteiger charge is -2.01. The van der Waals surface area contributed by atoms with Crippen molar-refractivity contribution in [2.24, 2.45) is 0 Å². The van der Waals surface area contributed by atoms with E-state index in [0.29, 0.717) is 0 Å². The summed E-state index contributed by atoms with van der Waals surface area (Å²) in [7, 11) is 0. The van der Waals surface area contributed by atoms with Crippen molar-refractivity contribution in [3.8, 4) is 0 Å². The van der Waals surface area contributed by atoms with Gasteiger partial charge in [-0.1, -0.05) is 23.7 Å². The summed E-state index contributed by atoms with van der Waals surface area (Å²) in [4.78, 5) is 3.15. The molecule has 0 bridgehead atoms. The zero-order valence-corrected chi connectivity index (χ0v) is 10.3. The van der Waals surface area contributed by atoms with E-state index in [1.165, 1.54) is 6.07 Å². The van der Waals surface area contributed by atoms with Gasteiger partial charge in [-0.2, -0.15) is 0 Å². The highest BCUT2D eigenvalue weighted by molar-refractivity contribution is 6.30. The molecule has 2 aromatic carbocycles. The molecule has 0 aliphatic heterocycles. The molecule has 0 radical (unpaired) electrons. The Labute approximate surface area is 109 Å². The van der Waals surface area contributed by atoms with Crippen LogP contribution in [0.25, 0.3) is 10.9 Å². The number of fused-ring (bicyclic) bond motifs is 1. The maximum Gasteiger partial charge on any atom is 0.123 e. The van der Waals surface area contributed by atoms with E-state index in [4.69, 9.17) is 11.6 Å². The summed E-state index contributed by atoms with van der Waals surface area (Å²) in [6, 6.07) is 12.5. The summed E-state index contributed by atoms with van der Waals surface area (Å²) in [5.41, 5.74) is 3.15. The number of benzene rings is 2. The predicted octanol–water partition coefficient (Wildman–Crippen LogP) is 4.55. The van der Waals surface area contributed by atoms with Gasteiger partial charge >= 0.3 is 0 Å². The van der Waals surface area contributed by atoms with E-state index in [1.54, 1.807) is 12.1 Å². The zero-order chi connectivity index (χ0) is 12.5. The van der Waals surface area contributed by atoms with E-state index in [9.17, 15) is 4.39 Å². The maximum atomic E-state index is 13.3. The van der Waals surface area contributed by atoms with Gasteiger partial charge in [0, 0.05) is 22.1 Å². The SMILES string of the molecule is Fc1ccc2[nH]cc(Cc3cccc(Cl)c3)c2c1. The minimum Gasteiger partial charge on any atom is -0.361 e. The van der Waals surface area contributed by atoms with Crippen molar-refractivity contribution in [1.29, 1.82) is 0 Å². The van der Waals surface area contributed by atoms with E-state index in [1.807, 2.05) is 30.5 Å². The van der Waals surface area contributed by atoms with Crippen molar-refractivity contribution < 1.29 is 4.39 Å². The Morgan fingerprint density at radius 3 is 2.83 bits per heavy atom. The van der Waals surface area contributed by atoms with Crippen molar-refractivity contribution in [2.45, 2.75) is 6.42 Å². The van der Waals surface area contributed by atoms with E-state index < -0.39 is 0 Å². The van der Waals surface area contributed by atoms with Gasteiger partial charge in [0.05, 0.1) is 0 Å². The Kier molecular flexibility index (Phi) is 2.80. The molecule has 0 spiro atoms. The van der Waals surface area contributed by atoms with Crippen molar-refractivity contribution in [1.82, 2.24) is 4.98 Å². The molecule has 3 heteroatoms. The van der Waals surface area contributed by atoms with E-state index >= 15 is 0 Å². The number of hydrogen-bond donors (Lipinski definition) is 1. The molecule has 0 saturated carbocycles. The molecule has 1 nitrogen and oxygen atoms in total. The van der Waals surface area contributed by atoms with Crippen LogP contribution in [0, 0.1) is 5.82 Å². The summed E-state index contributed by atoms with van der Waals surface area (Å²) in [5, 5.41) is 1.65. The maximum absolute atomic E-state index is 13.3. The van der Waals surface area contributed by atoms with Crippen LogP contribution in [0.5, 0.6) is 0 Å². The van der Waals surface area contributed by atoms with Gasteiger partial charge in [-0.05, 0) is 47.9 Å². The van der Waals surface area contributed by atoms with E-state index in [0.717, 1.165) is 33.5 Å². The lowest BCUT2D eigenvalue weighted by Crippen LogP contribution is -1.86. The first kappa shape index (κ1) is 11.3. The van der Waals surface area contributed by atoms with Gasteiger partial charge < -0.3 is 4.98 Å². The molecular weight excluding hydrogens is 249 g/mol. The fourth-order valence-corrected chi connectivity index (χ4v) is 2.38. The Morgan fingerprint density at radius 2 is 2.00 bits per heavy atom. The third kappa shape index (κ3) is 2.12. The molecule has 0 fully saturated rings. The van der Waals surface area contributed by atoms with Crippen LogP contribution in [0.2, 0.25) is 5.02 Å². The van der Waals surface area contributed by atoms with Crippen molar-refractivity contribution >= 4 is 22.5 Å². The Bertz CT molecular complexity index is 703. The smallest absolute Gasteiger partial charge is 0.123 e. The molecule has 3 aromatic rings. The first-order chi connectivity index (χ1) is 8.72. The highest BCUT2D eigenvalue weighted by Gasteiger charge is 2.06. The van der Waals surface area contributed by atoms with Crippen LogP contribution in [0.15, 0.2) is 48.7 Å². The number of hydrogen-bond acceptors (Lipinski definition) is 0. The minimum absolute atomic E-state index is 0.213. The molecule has 0 saturated heterocycles. The van der Waals surface area contributed by atoms with Gasteiger partial charge in [0.25, 0.3) is 0 Å². The number of rotatable bonds is 2. The van der Waals surface area contributed by atoms with Gasteiger partial charge in [-0.3, -0.25) is 0 Å². The van der Waals surface area contributed by atoms with Crippen LogP contribution in [-0.2, 0) is 6.42 Å². The Hall–Kier alpha value is -1.80. The van der Waals surface area contributed by atoms with Crippen LogP contribution in [0.4, 0.5) is 4.39 Å². The van der Waals surface area contributed by atoms with Crippen LogP contribution < -0.4 is 0 Å². The lowest BCUT2D eigenvalue weighted by atomic mass is 10.0. The predicted molar refractivity (Wildman–Crippen MR) is 72.5 cm³/mol. The Morgan fingerprint density at radius 1 is 1.11 bits per heavy atom. The first-order valence-corrected chi connectivity index (χ1v) is 6.10. The molecule has 90 valence electrons. The summed E-state index contributed by atoms with van der Waals surface area (Å²) < 4.78 is 13.3. The van der Waals surface area contributed by atoms with Crippen LogP contribution in [0.3, 0.4) is 0 Å². The first-order valence-electron chi connectivity index (χ1n) is 5.72. The molecule has 0 aliphatic carbocycles. The Balaban J connectivity index is 2.02. The number of aromatic amines is 1. The largest absolute Gasteiger partial charge is 0.361 e. The average Bonchev–Trinajstić information content (AvgIpc) is 2.72. The third-order valence-corrected chi connectivity index (χ3v) is 3.25. The molecule has 0 amide bonds. The molecular formula is C15H11ClFN. The van der Waals surface area contributed by atoms with Crippen molar-refractivity contribution in [3.05, 3.63) is 70.6 Å². The normalized spacial score (nSPS) is 11.0. The molecule has 1 aromatic heterocycles. The molecule has 1 heterocycles. The highest BCUT2D eigenvalue weighted by atomic mass is 35.5. The summed E-state index contributed by atoms with van der Waals surface area (Å²) in [5.74, 6) is -0.213. The second kappa shape index (κ2) is 4.46. The monoisotopic (exact) mass is 259 g/mol. The molecule has 1 N–H and O–H groups in total. The molecule has 3 rings (SSSR count). The topological polar surface area (TPSA) is 15.8 Å². The third-order valence-electron chi connectivity index (χ3n) is 3.01. The summed E-state index contributed by atoms with van der Waals surface area (Å²) in [6.07, 6.45) is 2.66. The minimum atomic E-state index is -0.213. The highest BCUT2D eigenvalue weighted by Crippen LogP contribution is 2.23. The van der Waals surface area contributed by atoms with E-state index in [2.05, 4.69) is 4.98 Å². The van der Waals surface area contributed by atoms with Gasteiger partial charge in [-0.25, -0.2) is 4.39 Å². The van der Waals surface area contributed by atoms with Gasteiger partial charge in [0.1, 0.15) is 5.82 Å².